The Morgan fingerprint density at radius 2 is 2.12 bits per heavy atom. The minimum atomic E-state index is -0.222. The summed E-state index contributed by atoms with van der Waals surface area (Å²) in [6.45, 7) is 4.58. The van der Waals surface area contributed by atoms with Crippen LogP contribution in [-0.4, -0.2) is 32.9 Å². The van der Waals surface area contributed by atoms with Crippen LogP contribution in [0.2, 0.25) is 5.02 Å². The van der Waals surface area contributed by atoms with Gasteiger partial charge >= 0.3 is 0 Å². The molecule has 2 aromatic rings. The fraction of sp³-hybridized carbons (Fsp3) is 0.421. The second-order valence-corrected chi connectivity index (χ2v) is 7.02. The summed E-state index contributed by atoms with van der Waals surface area (Å²) in [7, 11) is 0. The van der Waals surface area contributed by atoms with Gasteiger partial charge in [-0.25, -0.2) is 4.98 Å². The zero-order chi connectivity index (χ0) is 18.0. The van der Waals surface area contributed by atoms with Crippen molar-refractivity contribution in [3.63, 3.8) is 0 Å². The Balaban J connectivity index is 1.98. The Morgan fingerprint density at radius 1 is 1.32 bits per heavy atom. The molecule has 132 valence electrons. The highest BCUT2D eigenvalue weighted by atomic mass is 35.5. The summed E-state index contributed by atoms with van der Waals surface area (Å²) in [5.74, 6) is 0.439. The summed E-state index contributed by atoms with van der Waals surface area (Å²) in [6.07, 6.45) is 3.16. The second-order valence-electron chi connectivity index (χ2n) is 6.59. The predicted octanol–water partition coefficient (Wildman–Crippen LogP) is 3.27. The quantitative estimate of drug-likeness (QED) is 0.845. The van der Waals surface area contributed by atoms with Gasteiger partial charge in [-0.2, -0.15) is 0 Å². The molecule has 1 amide bonds. The van der Waals surface area contributed by atoms with Crippen molar-refractivity contribution in [1.29, 1.82) is 0 Å². The van der Waals surface area contributed by atoms with Crippen molar-refractivity contribution in [3.8, 4) is 11.4 Å². The molecule has 1 aliphatic heterocycles. The molecule has 6 heteroatoms. The van der Waals surface area contributed by atoms with Gasteiger partial charge in [0, 0.05) is 34.9 Å². The summed E-state index contributed by atoms with van der Waals surface area (Å²) in [6, 6.07) is 8.85. The average molecular weight is 360 g/mol. The topological polar surface area (TPSA) is 55.2 Å². The molecule has 5 nitrogen and oxygen atoms in total. The number of halogens is 1. The van der Waals surface area contributed by atoms with E-state index in [2.05, 4.69) is 11.9 Å². The van der Waals surface area contributed by atoms with E-state index in [9.17, 15) is 9.59 Å². The summed E-state index contributed by atoms with van der Waals surface area (Å²) in [5.41, 5.74) is 1.13. The zero-order valence-corrected chi connectivity index (χ0v) is 15.3. The summed E-state index contributed by atoms with van der Waals surface area (Å²) in [4.78, 5) is 31.7. The number of nitrogens with zero attached hydrogens (tertiary/aromatic N) is 3. The fourth-order valence-corrected chi connectivity index (χ4v) is 3.51. The second kappa shape index (κ2) is 7.40. The molecular weight excluding hydrogens is 338 g/mol. The first-order chi connectivity index (χ1) is 12.0. The van der Waals surface area contributed by atoms with Gasteiger partial charge in [0.15, 0.2) is 0 Å². The number of aryl methyl sites for hydroxylation is 1. The van der Waals surface area contributed by atoms with E-state index in [4.69, 9.17) is 11.6 Å². The van der Waals surface area contributed by atoms with Gasteiger partial charge in [-0.1, -0.05) is 23.7 Å². The summed E-state index contributed by atoms with van der Waals surface area (Å²) >= 11 is 6.08. The number of rotatable bonds is 3. The van der Waals surface area contributed by atoms with Crippen LogP contribution in [0.25, 0.3) is 11.4 Å². The third kappa shape index (κ3) is 3.93. The highest BCUT2D eigenvalue weighted by Gasteiger charge is 2.24. The molecule has 1 atom stereocenters. The van der Waals surface area contributed by atoms with Crippen LogP contribution in [0, 0.1) is 6.92 Å². The number of hydrogen-bond acceptors (Lipinski definition) is 3. The molecule has 0 N–H and O–H groups in total. The minimum absolute atomic E-state index is 0.00169. The fourth-order valence-electron chi connectivity index (χ4n) is 3.32. The molecule has 1 aliphatic rings. The van der Waals surface area contributed by atoms with Crippen LogP contribution in [0.4, 0.5) is 0 Å². The van der Waals surface area contributed by atoms with Crippen molar-refractivity contribution in [1.82, 2.24) is 14.5 Å². The molecule has 1 saturated heterocycles. The lowest BCUT2D eigenvalue weighted by Crippen LogP contribution is -2.44. The van der Waals surface area contributed by atoms with Crippen molar-refractivity contribution in [2.45, 2.75) is 45.7 Å². The number of amides is 1. The van der Waals surface area contributed by atoms with Gasteiger partial charge < -0.3 is 4.90 Å². The van der Waals surface area contributed by atoms with E-state index < -0.39 is 0 Å². The molecule has 1 aromatic heterocycles. The lowest BCUT2D eigenvalue weighted by Gasteiger charge is -2.33. The maximum atomic E-state index is 12.8. The SMILES string of the molecule is Cc1cc(=O)n(CC(=O)N2CCCCC2C)c(-c2cccc(Cl)c2)n1. The van der Waals surface area contributed by atoms with Crippen molar-refractivity contribution in [3.05, 3.63) is 51.4 Å². The van der Waals surface area contributed by atoms with Gasteiger partial charge in [0.25, 0.3) is 5.56 Å². The maximum absolute atomic E-state index is 12.8. The van der Waals surface area contributed by atoms with E-state index in [1.54, 1.807) is 19.1 Å². The first kappa shape index (κ1) is 17.7. The first-order valence-electron chi connectivity index (χ1n) is 8.59. The van der Waals surface area contributed by atoms with E-state index in [0.29, 0.717) is 16.5 Å². The predicted molar refractivity (Wildman–Crippen MR) is 98.7 cm³/mol. The maximum Gasteiger partial charge on any atom is 0.254 e. The average Bonchev–Trinajstić information content (AvgIpc) is 2.57. The van der Waals surface area contributed by atoms with Gasteiger partial charge in [-0.05, 0) is 45.2 Å². The van der Waals surface area contributed by atoms with Crippen molar-refractivity contribution < 1.29 is 4.79 Å². The summed E-state index contributed by atoms with van der Waals surface area (Å²) in [5, 5.41) is 0.566. The number of carbonyl (C=O) groups is 1. The molecule has 25 heavy (non-hydrogen) atoms. The largest absolute Gasteiger partial charge is 0.338 e. The molecular formula is C19H22ClN3O2. The number of likely N-dealkylation sites (tertiary alicyclic amines) is 1. The highest BCUT2D eigenvalue weighted by Crippen LogP contribution is 2.21. The molecule has 1 unspecified atom stereocenters. The van der Waals surface area contributed by atoms with Crippen LogP contribution in [-0.2, 0) is 11.3 Å². The molecule has 1 aromatic carbocycles. The minimum Gasteiger partial charge on any atom is -0.338 e. The first-order valence-corrected chi connectivity index (χ1v) is 8.97. The van der Waals surface area contributed by atoms with E-state index >= 15 is 0 Å². The molecule has 0 radical (unpaired) electrons. The van der Waals surface area contributed by atoms with Crippen LogP contribution in [0.5, 0.6) is 0 Å². The van der Waals surface area contributed by atoms with Crippen LogP contribution in [0.1, 0.15) is 31.9 Å². The van der Waals surface area contributed by atoms with Crippen LogP contribution in [0.15, 0.2) is 35.1 Å². The van der Waals surface area contributed by atoms with Gasteiger partial charge in [-0.15, -0.1) is 0 Å². The summed E-state index contributed by atoms with van der Waals surface area (Å²) < 4.78 is 1.45. The van der Waals surface area contributed by atoms with Crippen LogP contribution < -0.4 is 5.56 Å². The molecule has 2 heterocycles. The molecule has 0 aliphatic carbocycles. The third-order valence-corrected chi connectivity index (χ3v) is 4.87. The number of aromatic nitrogens is 2. The molecule has 1 fully saturated rings. The molecule has 0 bridgehead atoms. The van der Waals surface area contributed by atoms with Crippen molar-refractivity contribution >= 4 is 17.5 Å². The number of benzene rings is 1. The van der Waals surface area contributed by atoms with E-state index in [-0.39, 0.29) is 24.1 Å². The van der Waals surface area contributed by atoms with E-state index in [0.717, 1.165) is 31.4 Å². The molecule has 0 spiro atoms. The normalized spacial score (nSPS) is 17.6. The Hall–Kier alpha value is -2.14. The number of piperidine rings is 1. The monoisotopic (exact) mass is 359 g/mol. The van der Waals surface area contributed by atoms with E-state index in [1.807, 2.05) is 17.0 Å². The van der Waals surface area contributed by atoms with Crippen LogP contribution in [0.3, 0.4) is 0 Å². The van der Waals surface area contributed by atoms with Gasteiger partial charge in [0.2, 0.25) is 5.91 Å². The Kier molecular flexibility index (Phi) is 5.23. The van der Waals surface area contributed by atoms with Crippen molar-refractivity contribution in [2.75, 3.05) is 6.54 Å². The van der Waals surface area contributed by atoms with Crippen molar-refractivity contribution in [2.24, 2.45) is 0 Å². The Bertz CT molecular complexity index is 847. The van der Waals surface area contributed by atoms with Gasteiger partial charge in [0.05, 0.1) is 0 Å². The smallest absolute Gasteiger partial charge is 0.254 e. The number of hydrogen-bond donors (Lipinski definition) is 0. The highest BCUT2D eigenvalue weighted by molar-refractivity contribution is 6.30. The van der Waals surface area contributed by atoms with E-state index in [1.165, 1.54) is 10.6 Å². The zero-order valence-electron chi connectivity index (χ0n) is 14.5. The Morgan fingerprint density at radius 3 is 2.84 bits per heavy atom. The Labute approximate surface area is 152 Å². The lowest BCUT2D eigenvalue weighted by atomic mass is 10.0. The third-order valence-electron chi connectivity index (χ3n) is 4.64. The number of carbonyl (C=O) groups excluding carboxylic acids is 1. The van der Waals surface area contributed by atoms with Gasteiger partial charge in [-0.3, -0.25) is 14.2 Å². The lowest BCUT2D eigenvalue weighted by molar-refractivity contribution is -0.135. The van der Waals surface area contributed by atoms with Crippen LogP contribution >= 0.6 is 11.6 Å². The molecule has 3 rings (SSSR count). The van der Waals surface area contributed by atoms with Gasteiger partial charge in [0.1, 0.15) is 12.4 Å². The molecule has 0 saturated carbocycles. The standard InChI is InChI=1S/C19H22ClN3O2/c1-13-10-17(24)23(12-18(25)22-9-4-3-6-14(22)2)19(21-13)15-7-5-8-16(20)11-15/h5,7-8,10-11,14H,3-4,6,9,12H2,1-2H3.